The van der Waals surface area contributed by atoms with Crippen LogP contribution in [0.1, 0.15) is 104 Å². The quantitative estimate of drug-likeness (QED) is 0.282. The summed E-state index contributed by atoms with van der Waals surface area (Å²) in [5.41, 5.74) is 0. The minimum Gasteiger partial charge on any atom is -0.494 e. The van der Waals surface area contributed by atoms with E-state index in [9.17, 15) is 0 Å². The van der Waals surface area contributed by atoms with Gasteiger partial charge in [-0.1, -0.05) is 84.5 Å². The van der Waals surface area contributed by atoms with E-state index in [1.165, 1.54) is 83.5 Å². The molecule has 0 saturated heterocycles. The number of benzene rings is 1. The summed E-state index contributed by atoms with van der Waals surface area (Å²) >= 11 is 0. The van der Waals surface area contributed by atoms with E-state index in [1.54, 1.807) is 0 Å². The molecule has 160 valence electrons. The van der Waals surface area contributed by atoms with Gasteiger partial charge in [0.1, 0.15) is 11.5 Å². The molecule has 0 amide bonds. The van der Waals surface area contributed by atoms with E-state index in [2.05, 4.69) is 13.8 Å². The predicted molar refractivity (Wildman–Crippen MR) is 120 cm³/mol. The van der Waals surface area contributed by atoms with E-state index in [-0.39, 0.29) is 0 Å². The maximum atomic E-state index is 5.93. The number of hydrogen-bond donors (Lipinski definition) is 0. The topological polar surface area (TPSA) is 18.5 Å². The lowest BCUT2D eigenvalue weighted by molar-refractivity contribution is 0.228. The Hall–Kier alpha value is -1.18. The van der Waals surface area contributed by atoms with Gasteiger partial charge in [0.2, 0.25) is 0 Å². The molecule has 0 spiro atoms. The maximum absolute atomic E-state index is 5.93. The van der Waals surface area contributed by atoms with Crippen LogP contribution in [0, 0.1) is 11.8 Å². The van der Waals surface area contributed by atoms with Crippen LogP contribution in [-0.2, 0) is 0 Å². The van der Waals surface area contributed by atoms with Gasteiger partial charge in [0, 0.05) is 0 Å². The fourth-order valence-electron chi connectivity index (χ4n) is 4.37. The second kappa shape index (κ2) is 14.8. The molecule has 0 aliphatic heterocycles. The maximum Gasteiger partial charge on any atom is 0.119 e. The molecule has 0 N–H and O–H groups in total. The van der Waals surface area contributed by atoms with Gasteiger partial charge in [0.25, 0.3) is 0 Å². The average molecular weight is 389 g/mol. The summed E-state index contributed by atoms with van der Waals surface area (Å²) in [5, 5.41) is 0. The van der Waals surface area contributed by atoms with Crippen LogP contribution >= 0.6 is 0 Å². The summed E-state index contributed by atoms with van der Waals surface area (Å²) in [6.07, 6.45) is 19.3. The first-order chi connectivity index (χ1) is 13.8. The lowest BCUT2D eigenvalue weighted by atomic mass is 9.78. The van der Waals surface area contributed by atoms with Gasteiger partial charge in [-0.2, -0.15) is 0 Å². The van der Waals surface area contributed by atoms with Gasteiger partial charge in [0.15, 0.2) is 0 Å². The van der Waals surface area contributed by atoms with Gasteiger partial charge in [-0.15, -0.1) is 0 Å². The fraction of sp³-hybridized carbons (Fsp3) is 0.769. The standard InChI is InChI=1S/C26H44O2/c1-3-5-7-8-9-11-23-13-15-24(16-14-23)12-10-22-28-26-19-17-25(18-20-26)27-21-6-4-2/h17-20,23-24H,3-16,21-22H2,1-2H3/t23-,24-. The van der Waals surface area contributed by atoms with Crippen molar-refractivity contribution in [3.8, 4) is 11.5 Å². The molecule has 2 rings (SSSR count). The molecular weight excluding hydrogens is 344 g/mol. The second-order valence-corrected chi connectivity index (χ2v) is 8.75. The van der Waals surface area contributed by atoms with Crippen molar-refractivity contribution in [3.63, 3.8) is 0 Å². The highest BCUT2D eigenvalue weighted by atomic mass is 16.5. The van der Waals surface area contributed by atoms with Crippen LogP contribution in [0.2, 0.25) is 0 Å². The minimum absolute atomic E-state index is 0.803. The third kappa shape index (κ3) is 9.85. The molecule has 1 aliphatic carbocycles. The number of ether oxygens (including phenoxy) is 2. The molecule has 1 fully saturated rings. The summed E-state index contributed by atoms with van der Waals surface area (Å²) in [6.45, 7) is 6.12. The van der Waals surface area contributed by atoms with Gasteiger partial charge < -0.3 is 9.47 Å². The predicted octanol–water partition coefficient (Wildman–Crippen LogP) is 8.19. The van der Waals surface area contributed by atoms with Crippen molar-refractivity contribution in [2.24, 2.45) is 11.8 Å². The normalized spacial score (nSPS) is 19.5. The van der Waals surface area contributed by atoms with Crippen LogP contribution in [0.3, 0.4) is 0 Å². The molecule has 1 saturated carbocycles. The summed E-state index contributed by atoms with van der Waals surface area (Å²) < 4.78 is 11.6. The van der Waals surface area contributed by atoms with E-state index < -0.39 is 0 Å². The van der Waals surface area contributed by atoms with Crippen molar-refractivity contribution < 1.29 is 9.47 Å². The van der Waals surface area contributed by atoms with Crippen molar-refractivity contribution in [3.05, 3.63) is 24.3 Å². The van der Waals surface area contributed by atoms with Crippen LogP contribution < -0.4 is 9.47 Å². The smallest absolute Gasteiger partial charge is 0.119 e. The van der Waals surface area contributed by atoms with Crippen LogP contribution in [0.4, 0.5) is 0 Å². The Morgan fingerprint density at radius 1 is 0.607 bits per heavy atom. The molecule has 0 heterocycles. The Labute approximate surface area is 174 Å². The molecule has 1 aromatic rings. The first-order valence-electron chi connectivity index (χ1n) is 12.2. The van der Waals surface area contributed by atoms with E-state index in [4.69, 9.17) is 9.47 Å². The summed E-state index contributed by atoms with van der Waals surface area (Å²) in [6, 6.07) is 8.11. The van der Waals surface area contributed by atoms with E-state index in [0.29, 0.717) is 0 Å². The van der Waals surface area contributed by atoms with Gasteiger partial charge >= 0.3 is 0 Å². The molecule has 0 aromatic heterocycles. The highest BCUT2D eigenvalue weighted by molar-refractivity contribution is 5.31. The number of rotatable bonds is 15. The molecule has 0 atom stereocenters. The highest BCUT2D eigenvalue weighted by Crippen LogP contribution is 2.34. The third-order valence-electron chi connectivity index (χ3n) is 6.30. The SMILES string of the molecule is CCCCCCC[C@H]1CC[C@H](CCCOc2ccc(OCCCC)cc2)CC1. The lowest BCUT2D eigenvalue weighted by Crippen LogP contribution is -2.15. The molecule has 28 heavy (non-hydrogen) atoms. The van der Waals surface area contributed by atoms with Crippen LogP contribution in [0.15, 0.2) is 24.3 Å². The Morgan fingerprint density at radius 3 is 1.61 bits per heavy atom. The summed E-state index contributed by atoms with van der Waals surface area (Å²) in [7, 11) is 0. The van der Waals surface area contributed by atoms with Gasteiger partial charge in [-0.3, -0.25) is 0 Å². The summed E-state index contributed by atoms with van der Waals surface area (Å²) in [5.74, 6) is 3.87. The van der Waals surface area contributed by atoms with Crippen LogP contribution in [-0.4, -0.2) is 13.2 Å². The molecule has 0 unspecified atom stereocenters. The van der Waals surface area contributed by atoms with Gasteiger partial charge in [0.05, 0.1) is 13.2 Å². The average Bonchev–Trinajstić information content (AvgIpc) is 2.73. The largest absolute Gasteiger partial charge is 0.494 e. The van der Waals surface area contributed by atoms with Gasteiger partial charge in [-0.05, 0) is 55.4 Å². The lowest BCUT2D eigenvalue weighted by Gasteiger charge is -2.28. The molecule has 1 aliphatic rings. The van der Waals surface area contributed by atoms with Crippen LogP contribution in [0.25, 0.3) is 0 Å². The monoisotopic (exact) mass is 388 g/mol. The van der Waals surface area contributed by atoms with Crippen molar-refractivity contribution in [2.45, 2.75) is 104 Å². The second-order valence-electron chi connectivity index (χ2n) is 8.75. The van der Waals surface area contributed by atoms with E-state index in [1.807, 2.05) is 24.3 Å². The first kappa shape index (κ1) is 23.1. The van der Waals surface area contributed by atoms with E-state index >= 15 is 0 Å². The van der Waals surface area contributed by atoms with E-state index in [0.717, 1.165) is 43.0 Å². The van der Waals surface area contributed by atoms with Crippen molar-refractivity contribution in [1.82, 2.24) is 0 Å². The zero-order valence-corrected chi connectivity index (χ0v) is 18.6. The molecule has 2 heteroatoms. The molecule has 0 radical (unpaired) electrons. The Morgan fingerprint density at radius 2 is 1.07 bits per heavy atom. The molecular formula is C26H44O2. The third-order valence-corrected chi connectivity index (χ3v) is 6.30. The first-order valence-corrected chi connectivity index (χ1v) is 12.2. The zero-order chi connectivity index (χ0) is 19.9. The Balaban J connectivity index is 1.49. The van der Waals surface area contributed by atoms with Crippen molar-refractivity contribution in [2.75, 3.05) is 13.2 Å². The fourth-order valence-corrected chi connectivity index (χ4v) is 4.37. The minimum atomic E-state index is 0.803. The zero-order valence-electron chi connectivity index (χ0n) is 18.6. The van der Waals surface area contributed by atoms with Crippen LogP contribution in [0.5, 0.6) is 11.5 Å². The summed E-state index contributed by atoms with van der Waals surface area (Å²) in [4.78, 5) is 0. The van der Waals surface area contributed by atoms with Gasteiger partial charge in [-0.25, -0.2) is 0 Å². The molecule has 2 nitrogen and oxygen atoms in total. The number of hydrogen-bond acceptors (Lipinski definition) is 2. The van der Waals surface area contributed by atoms with Crippen molar-refractivity contribution >= 4 is 0 Å². The van der Waals surface area contributed by atoms with Crippen molar-refractivity contribution in [1.29, 1.82) is 0 Å². The highest BCUT2D eigenvalue weighted by Gasteiger charge is 2.20. The Kier molecular flexibility index (Phi) is 12.2. The number of unbranched alkanes of at least 4 members (excludes halogenated alkanes) is 5. The Bertz CT molecular complexity index is 474. The molecule has 1 aromatic carbocycles. The molecule has 0 bridgehead atoms.